The summed E-state index contributed by atoms with van der Waals surface area (Å²) in [5.41, 5.74) is 0.563. The molecule has 0 bridgehead atoms. The zero-order valence-corrected chi connectivity index (χ0v) is 13.8. The fourth-order valence-corrected chi connectivity index (χ4v) is 2.57. The first kappa shape index (κ1) is 16.2. The number of hydrogen-bond donors (Lipinski definition) is 0. The zero-order valence-electron chi connectivity index (χ0n) is 12.3. The van der Waals surface area contributed by atoms with Crippen molar-refractivity contribution < 1.29 is 9.47 Å². The van der Waals surface area contributed by atoms with Crippen LogP contribution in [-0.4, -0.2) is 7.11 Å². The van der Waals surface area contributed by atoms with Gasteiger partial charge in [0.2, 0.25) is 0 Å². The van der Waals surface area contributed by atoms with Gasteiger partial charge in [-0.15, -0.1) is 0 Å². The normalized spacial score (nSPS) is 13.8. The minimum atomic E-state index is -0.393. The molecule has 4 heteroatoms. The topological polar surface area (TPSA) is 18.5 Å². The Bertz CT molecular complexity index is 605. The maximum atomic E-state index is 6.38. The fraction of sp³-hybridized carbons (Fsp3) is 0.294. The largest absolute Gasteiger partial charge is 0.457 e. The van der Waals surface area contributed by atoms with Gasteiger partial charge in [-0.3, -0.25) is 0 Å². The van der Waals surface area contributed by atoms with E-state index in [-0.39, 0.29) is 0 Å². The van der Waals surface area contributed by atoms with E-state index in [0.29, 0.717) is 21.5 Å². The van der Waals surface area contributed by atoms with Crippen molar-refractivity contribution in [2.24, 2.45) is 0 Å². The quantitative estimate of drug-likeness (QED) is 0.665. The molecule has 0 saturated carbocycles. The molecule has 0 aliphatic rings. The minimum Gasteiger partial charge on any atom is -0.457 e. The summed E-state index contributed by atoms with van der Waals surface area (Å²) in [7, 11) is 1.69. The Morgan fingerprint density at radius 1 is 1.00 bits per heavy atom. The predicted octanol–water partition coefficient (Wildman–Crippen LogP) is 6.06. The highest BCUT2D eigenvalue weighted by molar-refractivity contribution is 6.31. The lowest BCUT2D eigenvalue weighted by molar-refractivity contribution is -0.00132. The summed E-state index contributed by atoms with van der Waals surface area (Å²) in [6, 6.07) is 12.8. The highest BCUT2D eigenvalue weighted by atomic mass is 35.5. The van der Waals surface area contributed by atoms with Crippen LogP contribution < -0.4 is 4.74 Å². The molecule has 2 nitrogen and oxygen atoms in total. The molecule has 0 radical (unpaired) electrons. The van der Waals surface area contributed by atoms with E-state index >= 15 is 0 Å². The highest BCUT2D eigenvalue weighted by Crippen LogP contribution is 2.36. The number of ether oxygens (including phenoxy) is 2. The maximum Gasteiger partial charge on any atom is 0.128 e. The van der Waals surface area contributed by atoms with E-state index in [4.69, 9.17) is 32.7 Å². The molecular formula is C17H18Cl2O2. The number of benzene rings is 2. The summed E-state index contributed by atoms with van der Waals surface area (Å²) >= 11 is 12.2. The lowest BCUT2D eigenvalue weighted by atomic mass is 9.93. The molecule has 0 N–H and O–H groups in total. The number of rotatable bonds is 5. The second-order valence-corrected chi connectivity index (χ2v) is 5.83. The first-order valence-electron chi connectivity index (χ1n) is 6.77. The van der Waals surface area contributed by atoms with Crippen molar-refractivity contribution in [1.82, 2.24) is 0 Å². The maximum absolute atomic E-state index is 6.38. The van der Waals surface area contributed by atoms with E-state index in [9.17, 15) is 0 Å². The van der Waals surface area contributed by atoms with Crippen molar-refractivity contribution >= 4 is 23.2 Å². The van der Waals surface area contributed by atoms with E-state index in [0.717, 1.165) is 12.0 Å². The molecule has 21 heavy (non-hydrogen) atoms. The molecule has 0 saturated heterocycles. The van der Waals surface area contributed by atoms with Gasteiger partial charge in [0.25, 0.3) is 0 Å². The van der Waals surface area contributed by atoms with E-state index < -0.39 is 5.60 Å². The van der Waals surface area contributed by atoms with Gasteiger partial charge in [-0.05, 0) is 49.7 Å². The molecule has 0 heterocycles. The van der Waals surface area contributed by atoms with Gasteiger partial charge < -0.3 is 9.47 Å². The average Bonchev–Trinajstić information content (AvgIpc) is 2.49. The van der Waals surface area contributed by atoms with Gasteiger partial charge in [0.05, 0.1) is 10.6 Å². The Morgan fingerprint density at radius 2 is 1.62 bits per heavy atom. The SMILES string of the molecule is CCC(C)(OC)c1ccc(Oc2ccc(Cl)cc2)cc1Cl. The molecule has 0 aromatic heterocycles. The number of hydrogen-bond acceptors (Lipinski definition) is 2. The molecule has 2 aromatic rings. The summed E-state index contributed by atoms with van der Waals surface area (Å²) in [5, 5.41) is 1.31. The lowest BCUT2D eigenvalue weighted by Crippen LogP contribution is -2.23. The van der Waals surface area contributed by atoms with Crippen LogP contribution >= 0.6 is 23.2 Å². The second kappa shape index (κ2) is 6.69. The lowest BCUT2D eigenvalue weighted by Gasteiger charge is -2.28. The van der Waals surface area contributed by atoms with Crippen LogP contribution in [0, 0.1) is 0 Å². The third-order valence-electron chi connectivity index (χ3n) is 3.68. The Kier molecular flexibility index (Phi) is 5.15. The van der Waals surface area contributed by atoms with Gasteiger partial charge in [0.15, 0.2) is 0 Å². The van der Waals surface area contributed by atoms with Crippen LogP contribution in [0.15, 0.2) is 42.5 Å². The van der Waals surface area contributed by atoms with Crippen LogP contribution in [0.1, 0.15) is 25.8 Å². The van der Waals surface area contributed by atoms with Crippen molar-refractivity contribution in [3.8, 4) is 11.5 Å². The third kappa shape index (κ3) is 3.70. The van der Waals surface area contributed by atoms with Crippen molar-refractivity contribution in [3.05, 3.63) is 58.1 Å². The summed E-state index contributed by atoms with van der Waals surface area (Å²) in [6.45, 7) is 4.09. The molecule has 0 aliphatic heterocycles. The average molecular weight is 325 g/mol. The van der Waals surface area contributed by atoms with Gasteiger partial charge in [0, 0.05) is 17.7 Å². The Labute approximate surface area is 135 Å². The first-order chi connectivity index (χ1) is 9.98. The van der Waals surface area contributed by atoms with Crippen LogP contribution in [0.25, 0.3) is 0 Å². The fourth-order valence-electron chi connectivity index (χ4n) is 2.07. The summed E-state index contributed by atoms with van der Waals surface area (Å²) in [6.07, 6.45) is 0.834. The molecule has 1 unspecified atom stereocenters. The molecule has 0 aliphatic carbocycles. The molecule has 0 amide bonds. The van der Waals surface area contributed by atoms with Gasteiger partial charge >= 0.3 is 0 Å². The van der Waals surface area contributed by atoms with Crippen LogP contribution in [0.5, 0.6) is 11.5 Å². The molecule has 0 fully saturated rings. The van der Waals surface area contributed by atoms with Crippen LogP contribution in [0.2, 0.25) is 10.0 Å². The molecule has 1 atom stereocenters. The number of halogens is 2. The van der Waals surface area contributed by atoms with Gasteiger partial charge in [-0.25, -0.2) is 0 Å². The summed E-state index contributed by atoms with van der Waals surface area (Å²) in [4.78, 5) is 0. The van der Waals surface area contributed by atoms with Gasteiger partial charge in [-0.2, -0.15) is 0 Å². The van der Waals surface area contributed by atoms with Gasteiger partial charge in [0.1, 0.15) is 11.5 Å². The Morgan fingerprint density at radius 3 is 2.14 bits per heavy atom. The van der Waals surface area contributed by atoms with Crippen LogP contribution in [0.4, 0.5) is 0 Å². The second-order valence-electron chi connectivity index (χ2n) is 4.99. The van der Waals surface area contributed by atoms with Crippen LogP contribution in [0.3, 0.4) is 0 Å². The van der Waals surface area contributed by atoms with E-state index in [1.807, 2.05) is 31.2 Å². The van der Waals surface area contributed by atoms with Crippen molar-refractivity contribution in [2.75, 3.05) is 7.11 Å². The standard InChI is InChI=1S/C17H18Cl2O2/c1-4-17(2,20-3)15-10-9-14(11-16(15)19)21-13-7-5-12(18)6-8-13/h5-11H,4H2,1-3H3. The van der Waals surface area contributed by atoms with Crippen LogP contribution in [-0.2, 0) is 10.3 Å². The minimum absolute atomic E-state index is 0.393. The molecule has 2 aromatic carbocycles. The zero-order chi connectivity index (χ0) is 15.5. The summed E-state index contributed by atoms with van der Waals surface area (Å²) in [5.74, 6) is 1.40. The molecule has 112 valence electrons. The molecule has 2 rings (SSSR count). The van der Waals surface area contributed by atoms with Crippen molar-refractivity contribution in [2.45, 2.75) is 25.9 Å². The smallest absolute Gasteiger partial charge is 0.128 e. The Balaban J connectivity index is 2.25. The monoisotopic (exact) mass is 324 g/mol. The van der Waals surface area contributed by atoms with E-state index in [1.54, 1.807) is 25.3 Å². The molecule has 0 spiro atoms. The van der Waals surface area contributed by atoms with E-state index in [2.05, 4.69) is 6.92 Å². The number of methoxy groups -OCH3 is 1. The van der Waals surface area contributed by atoms with Crippen molar-refractivity contribution in [1.29, 1.82) is 0 Å². The van der Waals surface area contributed by atoms with Gasteiger partial charge in [-0.1, -0.05) is 36.2 Å². The molecular weight excluding hydrogens is 307 g/mol. The predicted molar refractivity (Wildman–Crippen MR) is 87.6 cm³/mol. The van der Waals surface area contributed by atoms with Crippen molar-refractivity contribution in [3.63, 3.8) is 0 Å². The first-order valence-corrected chi connectivity index (χ1v) is 7.52. The highest BCUT2D eigenvalue weighted by Gasteiger charge is 2.26. The summed E-state index contributed by atoms with van der Waals surface area (Å²) < 4.78 is 11.4. The third-order valence-corrected chi connectivity index (χ3v) is 4.25. The van der Waals surface area contributed by atoms with E-state index in [1.165, 1.54) is 0 Å². The Hall–Kier alpha value is -1.22.